The van der Waals surface area contributed by atoms with E-state index in [2.05, 4.69) is 15.6 Å². The molecule has 0 spiro atoms. The second kappa shape index (κ2) is 8.96. The Balaban J connectivity index is 1.39. The van der Waals surface area contributed by atoms with Crippen molar-refractivity contribution in [3.63, 3.8) is 0 Å². The molecule has 0 saturated heterocycles. The van der Waals surface area contributed by atoms with Gasteiger partial charge in [0.15, 0.2) is 18.1 Å². The largest absolute Gasteiger partial charge is 0.493 e. The lowest BCUT2D eigenvalue weighted by atomic mass is 10.2. The minimum atomic E-state index is -0.244. The molecule has 2 aromatic carbocycles. The number of nitrogens with zero attached hydrogens (tertiary/aromatic N) is 2. The van der Waals surface area contributed by atoms with Crippen molar-refractivity contribution in [2.75, 3.05) is 31.5 Å². The van der Waals surface area contributed by atoms with Gasteiger partial charge in [-0.1, -0.05) is 0 Å². The highest BCUT2D eigenvalue weighted by molar-refractivity contribution is 5.97. The molecule has 1 aromatic heterocycles. The number of fused-ring (bicyclic) bond motifs is 2. The second-order valence-corrected chi connectivity index (χ2v) is 7.17. The fourth-order valence-corrected chi connectivity index (χ4v) is 3.44. The Morgan fingerprint density at radius 1 is 1.19 bits per heavy atom. The smallest absolute Gasteiger partial charge is 0.262 e. The SMILES string of the molecule is COc1cc2ncn(CCCC(=O)Nc3ccc4c(c3)NC(=O)CO4)c(=O)c2cc1OC. The van der Waals surface area contributed by atoms with Crippen LogP contribution in [0.1, 0.15) is 12.8 Å². The molecule has 4 rings (SSSR count). The van der Waals surface area contributed by atoms with Crippen molar-refractivity contribution in [1.82, 2.24) is 9.55 Å². The van der Waals surface area contributed by atoms with E-state index >= 15 is 0 Å². The Hall–Kier alpha value is -4.08. The molecule has 2 N–H and O–H groups in total. The van der Waals surface area contributed by atoms with Gasteiger partial charge in [0.2, 0.25) is 5.91 Å². The molecule has 0 unspecified atom stereocenters. The normalized spacial score (nSPS) is 12.5. The number of carbonyl (C=O) groups is 2. The number of aryl methyl sites for hydroxylation is 1. The average molecular weight is 438 g/mol. The molecule has 3 aromatic rings. The first-order valence-electron chi connectivity index (χ1n) is 9.96. The number of rotatable bonds is 7. The van der Waals surface area contributed by atoms with Crippen LogP contribution in [0.5, 0.6) is 17.2 Å². The van der Waals surface area contributed by atoms with Crippen molar-refractivity contribution in [1.29, 1.82) is 0 Å². The van der Waals surface area contributed by atoms with E-state index in [1.165, 1.54) is 25.1 Å². The van der Waals surface area contributed by atoms with Crippen molar-refractivity contribution in [2.24, 2.45) is 0 Å². The van der Waals surface area contributed by atoms with Crippen LogP contribution in [0, 0.1) is 0 Å². The van der Waals surface area contributed by atoms with Crippen molar-refractivity contribution < 1.29 is 23.8 Å². The molecule has 0 atom stereocenters. The van der Waals surface area contributed by atoms with Crippen LogP contribution < -0.4 is 30.4 Å². The number of hydrogen-bond acceptors (Lipinski definition) is 7. The summed E-state index contributed by atoms with van der Waals surface area (Å²) in [5.41, 5.74) is 1.34. The van der Waals surface area contributed by atoms with Gasteiger partial charge in [0.05, 0.1) is 37.1 Å². The Bertz CT molecular complexity index is 1250. The third-order valence-electron chi connectivity index (χ3n) is 5.03. The molecule has 0 bridgehead atoms. The molecule has 0 saturated carbocycles. The summed E-state index contributed by atoms with van der Waals surface area (Å²) < 4.78 is 17.3. The fraction of sp³-hybridized carbons (Fsp3) is 0.273. The maximum absolute atomic E-state index is 12.8. The van der Waals surface area contributed by atoms with E-state index in [0.717, 1.165) is 0 Å². The van der Waals surface area contributed by atoms with Crippen molar-refractivity contribution in [2.45, 2.75) is 19.4 Å². The molecule has 1 aliphatic heterocycles. The summed E-state index contributed by atoms with van der Waals surface area (Å²) in [6.07, 6.45) is 2.11. The summed E-state index contributed by atoms with van der Waals surface area (Å²) in [7, 11) is 3.02. The Kier molecular flexibility index (Phi) is 5.93. The van der Waals surface area contributed by atoms with Gasteiger partial charge in [-0.2, -0.15) is 0 Å². The van der Waals surface area contributed by atoms with Gasteiger partial charge in [-0.15, -0.1) is 0 Å². The van der Waals surface area contributed by atoms with Gasteiger partial charge in [0.1, 0.15) is 5.75 Å². The lowest BCUT2D eigenvalue weighted by molar-refractivity contribution is -0.118. The number of methoxy groups -OCH3 is 2. The van der Waals surface area contributed by atoms with Crippen LogP contribution in [0.15, 0.2) is 41.5 Å². The molecule has 2 amide bonds. The van der Waals surface area contributed by atoms with Crippen LogP contribution >= 0.6 is 0 Å². The number of amides is 2. The maximum Gasteiger partial charge on any atom is 0.262 e. The van der Waals surface area contributed by atoms with Crippen LogP contribution in [-0.2, 0) is 16.1 Å². The van der Waals surface area contributed by atoms with E-state index in [-0.39, 0.29) is 30.4 Å². The zero-order chi connectivity index (χ0) is 22.7. The van der Waals surface area contributed by atoms with Gasteiger partial charge in [-0.3, -0.25) is 19.0 Å². The third-order valence-corrected chi connectivity index (χ3v) is 5.03. The van der Waals surface area contributed by atoms with Gasteiger partial charge >= 0.3 is 0 Å². The van der Waals surface area contributed by atoms with Crippen molar-refractivity contribution in [3.05, 3.63) is 47.0 Å². The lowest BCUT2D eigenvalue weighted by Crippen LogP contribution is -2.25. The summed E-state index contributed by atoms with van der Waals surface area (Å²) in [5, 5.41) is 5.89. The Morgan fingerprint density at radius 2 is 1.97 bits per heavy atom. The minimum Gasteiger partial charge on any atom is -0.493 e. The number of carbonyl (C=O) groups excluding carboxylic acids is 2. The molecule has 10 heteroatoms. The van der Waals surface area contributed by atoms with E-state index in [4.69, 9.17) is 14.2 Å². The first-order valence-corrected chi connectivity index (χ1v) is 9.96. The molecule has 0 radical (unpaired) electrons. The first kappa shape index (κ1) is 21.2. The predicted molar refractivity (Wildman–Crippen MR) is 118 cm³/mol. The van der Waals surface area contributed by atoms with Crippen LogP contribution in [0.2, 0.25) is 0 Å². The zero-order valence-corrected chi connectivity index (χ0v) is 17.6. The Morgan fingerprint density at radius 3 is 2.75 bits per heavy atom. The molecule has 166 valence electrons. The number of aromatic nitrogens is 2. The van der Waals surface area contributed by atoms with Gasteiger partial charge in [-0.25, -0.2) is 4.98 Å². The summed E-state index contributed by atoms with van der Waals surface area (Å²) in [6.45, 7) is 0.305. The number of anilines is 2. The quantitative estimate of drug-likeness (QED) is 0.580. The second-order valence-electron chi connectivity index (χ2n) is 7.17. The number of nitrogens with one attached hydrogen (secondary N) is 2. The average Bonchev–Trinajstić information content (AvgIpc) is 2.79. The highest BCUT2D eigenvalue weighted by atomic mass is 16.5. The number of benzene rings is 2. The van der Waals surface area contributed by atoms with E-state index < -0.39 is 0 Å². The number of hydrogen-bond donors (Lipinski definition) is 2. The lowest BCUT2D eigenvalue weighted by Gasteiger charge is -2.18. The van der Waals surface area contributed by atoms with Gasteiger partial charge in [0, 0.05) is 24.7 Å². The van der Waals surface area contributed by atoms with Gasteiger partial charge in [0.25, 0.3) is 11.5 Å². The van der Waals surface area contributed by atoms with Gasteiger partial charge in [-0.05, 0) is 30.7 Å². The molecule has 32 heavy (non-hydrogen) atoms. The third kappa shape index (κ3) is 4.34. The highest BCUT2D eigenvalue weighted by Gasteiger charge is 2.16. The first-order chi connectivity index (χ1) is 15.5. The summed E-state index contributed by atoms with van der Waals surface area (Å²) >= 11 is 0. The molecule has 1 aliphatic rings. The topological polar surface area (TPSA) is 121 Å². The fourth-order valence-electron chi connectivity index (χ4n) is 3.44. The van der Waals surface area contributed by atoms with Gasteiger partial charge < -0.3 is 24.8 Å². The molecule has 10 nitrogen and oxygen atoms in total. The molecule has 0 fully saturated rings. The predicted octanol–water partition coefficient (Wildman–Crippen LogP) is 2.16. The summed E-state index contributed by atoms with van der Waals surface area (Å²) in [4.78, 5) is 40.9. The van der Waals surface area contributed by atoms with Crippen LogP contribution in [0.25, 0.3) is 10.9 Å². The van der Waals surface area contributed by atoms with E-state index in [1.807, 2.05) is 0 Å². The van der Waals surface area contributed by atoms with Crippen LogP contribution in [0.3, 0.4) is 0 Å². The van der Waals surface area contributed by atoms with E-state index in [9.17, 15) is 14.4 Å². The maximum atomic E-state index is 12.8. The number of ether oxygens (including phenoxy) is 3. The van der Waals surface area contributed by atoms with Crippen LogP contribution in [0.4, 0.5) is 11.4 Å². The van der Waals surface area contributed by atoms with Crippen molar-refractivity contribution >= 4 is 34.1 Å². The van der Waals surface area contributed by atoms with E-state index in [0.29, 0.717) is 52.5 Å². The molecular weight excluding hydrogens is 416 g/mol. The Labute approximate surface area is 183 Å². The van der Waals surface area contributed by atoms with Crippen molar-refractivity contribution in [3.8, 4) is 17.2 Å². The monoisotopic (exact) mass is 438 g/mol. The standard InChI is InChI=1S/C22H22N4O6/c1-30-18-9-14-15(10-19(18)31-2)23-12-26(22(14)29)7-3-4-20(27)24-13-5-6-17-16(8-13)25-21(28)11-32-17/h5-6,8-10,12H,3-4,7,11H2,1-2H3,(H,24,27)(H,25,28). The van der Waals surface area contributed by atoms with E-state index in [1.54, 1.807) is 30.3 Å². The zero-order valence-electron chi connectivity index (χ0n) is 17.6. The van der Waals surface area contributed by atoms with Crippen LogP contribution in [-0.4, -0.2) is 42.2 Å². The summed E-state index contributed by atoms with van der Waals surface area (Å²) in [5.74, 6) is 1.05. The molecule has 2 heterocycles. The molecular formula is C22H22N4O6. The molecule has 0 aliphatic carbocycles. The minimum absolute atomic E-state index is 0.0258. The highest BCUT2D eigenvalue weighted by Crippen LogP contribution is 2.31. The summed E-state index contributed by atoms with van der Waals surface area (Å²) in [6, 6.07) is 8.29.